The van der Waals surface area contributed by atoms with Crippen molar-refractivity contribution in [2.24, 2.45) is 5.92 Å². The Labute approximate surface area is 94.2 Å². The van der Waals surface area contributed by atoms with Crippen LogP contribution >= 0.6 is 0 Å². The zero-order valence-electron chi connectivity index (χ0n) is 9.21. The van der Waals surface area contributed by atoms with E-state index in [0.717, 1.165) is 24.0 Å². The maximum absolute atomic E-state index is 11.6. The lowest BCUT2D eigenvalue weighted by Gasteiger charge is -2.24. The second-order valence-electron chi connectivity index (χ2n) is 4.17. The summed E-state index contributed by atoms with van der Waals surface area (Å²) >= 11 is 0. The van der Waals surface area contributed by atoms with Crippen LogP contribution in [0, 0.1) is 5.92 Å². The molecule has 1 fully saturated rings. The number of nitrogens with zero attached hydrogens (tertiary/aromatic N) is 1. The van der Waals surface area contributed by atoms with Crippen LogP contribution in [-0.2, 0) is 19.4 Å². The van der Waals surface area contributed by atoms with Gasteiger partial charge in [-0.25, -0.2) is 13.2 Å². The Morgan fingerprint density at radius 3 is 2.25 bits per heavy atom. The maximum atomic E-state index is 11.6. The van der Waals surface area contributed by atoms with E-state index in [1.807, 2.05) is 0 Å². The molecule has 1 aliphatic carbocycles. The first kappa shape index (κ1) is 13.0. The second-order valence-corrected chi connectivity index (χ2v) is 6.35. The smallest absolute Gasteiger partial charge is 0.327 e. The normalized spacial score (nSPS) is 17.9. The standard InChI is InChI=1S/C9H15NO5S/c1-10(8(11)6-3-4-6)7(9(12)13)5-16(2,14)15/h6-7H,3-5H2,1-2H3,(H,12,13). The van der Waals surface area contributed by atoms with Gasteiger partial charge in [-0.05, 0) is 12.8 Å². The van der Waals surface area contributed by atoms with Gasteiger partial charge in [0.1, 0.15) is 15.9 Å². The van der Waals surface area contributed by atoms with Crippen molar-refractivity contribution < 1.29 is 23.1 Å². The predicted octanol–water partition coefficient (Wildman–Crippen LogP) is -0.647. The van der Waals surface area contributed by atoms with E-state index >= 15 is 0 Å². The number of rotatable bonds is 5. The first-order valence-corrected chi connectivity index (χ1v) is 6.95. The molecule has 0 saturated heterocycles. The van der Waals surface area contributed by atoms with E-state index in [2.05, 4.69) is 0 Å². The van der Waals surface area contributed by atoms with Crippen LogP contribution in [0.2, 0.25) is 0 Å². The monoisotopic (exact) mass is 249 g/mol. The third kappa shape index (κ3) is 3.48. The molecule has 92 valence electrons. The van der Waals surface area contributed by atoms with Crippen LogP contribution in [0.3, 0.4) is 0 Å². The summed E-state index contributed by atoms with van der Waals surface area (Å²) in [6.07, 6.45) is 2.47. The lowest BCUT2D eigenvalue weighted by atomic mass is 10.2. The molecule has 6 nitrogen and oxygen atoms in total. The molecule has 0 aliphatic heterocycles. The van der Waals surface area contributed by atoms with Gasteiger partial charge in [0.25, 0.3) is 0 Å². The Bertz CT molecular complexity index is 398. The summed E-state index contributed by atoms with van der Waals surface area (Å²) in [4.78, 5) is 23.5. The quantitative estimate of drug-likeness (QED) is 0.699. The number of carboxylic acids is 1. The molecular weight excluding hydrogens is 234 g/mol. The Kier molecular flexibility index (Phi) is 3.57. The molecule has 0 aromatic rings. The van der Waals surface area contributed by atoms with Crippen molar-refractivity contribution >= 4 is 21.7 Å². The van der Waals surface area contributed by atoms with Crippen LogP contribution in [0.1, 0.15) is 12.8 Å². The highest BCUT2D eigenvalue weighted by Crippen LogP contribution is 2.31. The third-order valence-electron chi connectivity index (χ3n) is 2.49. The molecule has 0 aromatic heterocycles. The van der Waals surface area contributed by atoms with Crippen molar-refractivity contribution in [1.82, 2.24) is 4.90 Å². The van der Waals surface area contributed by atoms with Crippen molar-refractivity contribution in [2.45, 2.75) is 18.9 Å². The minimum atomic E-state index is -3.43. The Hall–Kier alpha value is -1.11. The number of carbonyl (C=O) groups excluding carboxylic acids is 1. The van der Waals surface area contributed by atoms with Gasteiger partial charge in [-0.1, -0.05) is 0 Å². The number of hydrogen-bond acceptors (Lipinski definition) is 4. The lowest BCUT2D eigenvalue weighted by molar-refractivity contribution is -0.148. The number of carboxylic acid groups (broad SMARTS) is 1. The zero-order valence-corrected chi connectivity index (χ0v) is 10.0. The Morgan fingerprint density at radius 1 is 1.44 bits per heavy atom. The molecule has 1 unspecified atom stereocenters. The van der Waals surface area contributed by atoms with Gasteiger partial charge in [-0.2, -0.15) is 0 Å². The number of likely N-dealkylation sites (N-methyl/N-ethyl adjacent to an activating group) is 1. The molecule has 0 spiro atoms. The third-order valence-corrected chi connectivity index (χ3v) is 3.41. The van der Waals surface area contributed by atoms with Crippen molar-refractivity contribution in [3.8, 4) is 0 Å². The minimum Gasteiger partial charge on any atom is -0.480 e. The van der Waals surface area contributed by atoms with E-state index in [9.17, 15) is 18.0 Å². The van der Waals surface area contributed by atoms with Gasteiger partial charge in [0.2, 0.25) is 5.91 Å². The molecule has 0 heterocycles. The van der Waals surface area contributed by atoms with Gasteiger partial charge in [-0.3, -0.25) is 4.79 Å². The van der Waals surface area contributed by atoms with Crippen LogP contribution in [0.25, 0.3) is 0 Å². The number of aliphatic carboxylic acids is 1. The molecule has 0 radical (unpaired) electrons. The van der Waals surface area contributed by atoms with Crippen molar-refractivity contribution in [1.29, 1.82) is 0 Å². The van der Waals surface area contributed by atoms with Gasteiger partial charge >= 0.3 is 5.97 Å². The number of sulfone groups is 1. The fourth-order valence-electron chi connectivity index (χ4n) is 1.41. The Morgan fingerprint density at radius 2 is 1.94 bits per heavy atom. The molecule has 1 N–H and O–H groups in total. The van der Waals surface area contributed by atoms with Gasteiger partial charge in [0.05, 0.1) is 5.75 Å². The highest BCUT2D eigenvalue weighted by atomic mass is 32.2. The lowest BCUT2D eigenvalue weighted by Crippen LogP contribution is -2.47. The van der Waals surface area contributed by atoms with Gasteiger partial charge in [-0.15, -0.1) is 0 Å². The summed E-state index contributed by atoms with van der Waals surface area (Å²) in [6.45, 7) is 0. The summed E-state index contributed by atoms with van der Waals surface area (Å²) in [6, 6.07) is -1.29. The van der Waals surface area contributed by atoms with Gasteiger partial charge in [0.15, 0.2) is 0 Å². The van der Waals surface area contributed by atoms with Crippen LogP contribution in [0.15, 0.2) is 0 Å². The minimum absolute atomic E-state index is 0.119. The average Bonchev–Trinajstić information content (AvgIpc) is 2.93. The molecule has 16 heavy (non-hydrogen) atoms. The summed E-state index contributed by atoms with van der Waals surface area (Å²) in [5, 5.41) is 8.90. The first-order chi connectivity index (χ1) is 7.22. The molecule has 0 bridgehead atoms. The number of carbonyl (C=O) groups is 2. The van der Waals surface area contributed by atoms with Crippen LogP contribution in [-0.4, -0.2) is 55.4 Å². The van der Waals surface area contributed by atoms with E-state index < -0.39 is 27.6 Å². The summed E-state index contributed by atoms with van der Waals surface area (Å²) in [7, 11) is -2.09. The van der Waals surface area contributed by atoms with E-state index in [0.29, 0.717) is 0 Å². The van der Waals surface area contributed by atoms with E-state index in [1.54, 1.807) is 0 Å². The molecule has 0 aromatic carbocycles. The molecule has 1 atom stereocenters. The first-order valence-electron chi connectivity index (χ1n) is 4.89. The highest BCUT2D eigenvalue weighted by molar-refractivity contribution is 7.90. The van der Waals surface area contributed by atoms with E-state index in [1.165, 1.54) is 7.05 Å². The van der Waals surface area contributed by atoms with Crippen LogP contribution < -0.4 is 0 Å². The van der Waals surface area contributed by atoms with Crippen molar-refractivity contribution in [3.05, 3.63) is 0 Å². The summed E-state index contributed by atoms with van der Waals surface area (Å²) in [5.41, 5.74) is 0. The van der Waals surface area contributed by atoms with Crippen LogP contribution in [0.5, 0.6) is 0 Å². The Balaban J connectivity index is 2.76. The number of amides is 1. The molecule has 1 amide bonds. The molecular formula is C9H15NO5S. The fraction of sp³-hybridized carbons (Fsp3) is 0.778. The van der Waals surface area contributed by atoms with Gasteiger partial charge < -0.3 is 10.0 Å². The highest BCUT2D eigenvalue weighted by Gasteiger charge is 2.37. The van der Waals surface area contributed by atoms with E-state index in [-0.39, 0.29) is 11.8 Å². The molecule has 7 heteroatoms. The summed E-state index contributed by atoms with van der Waals surface area (Å²) < 4.78 is 22.1. The van der Waals surface area contributed by atoms with Crippen LogP contribution in [0.4, 0.5) is 0 Å². The maximum Gasteiger partial charge on any atom is 0.327 e. The number of hydrogen-bond donors (Lipinski definition) is 1. The molecule has 1 aliphatic rings. The van der Waals surface area contributed by atoms with Crippen molar-refractivity contribution in [3.63, 3.8) is 0 Å². The van der Waals surface area contributed by atoms with E-state index in [4.69, 9.17) is 5.11 Å². The second kappa shape index (κ2) is 4.40. The largest absolute Gasteiger partial charge is 0.480 e. The fourth-order valence-corrected chi connectivity index (χ4v) is 2.35. The predicted molar refractivity (Wildman–Crippen MR) is 56.6 cm³/mol. The van der Waals surface area contributed by atoms with Gasteiger partial charge in [0, 0.05) is 19.2 Å². The zero-order chi connectivity index (χ0) is 12.5. The van der Waals surface area contributed by atoms with Crippen molar-refractivity contribution in [2.75, 3.05) is 19.1 Å². The SMILES string of the molecule is CN(C(=O)C1CC1)C(CS(C)(=O)=O)C(=O)O. The topological polar surface area (TPSA) is 91.8 Å². The molecule has 1 saturated carbocycles. The average molecular weight is 249 g/mol. The summed E-state index contributed by atoms with van der Waals surface area (Å²) in [5.74, 6) is -2.23. The molecule has 1 rings (SSSR count).